The maximum Gasteiger partial charge on any atom is 0.251 e. The zero-order chi connectivity index (χ0) is 14.0. The molecule has 1 fully saturated rings. The average molecular weight is 264 g/mol. The first-order valence-electron chi connectivity index (χ1n) is 6.67. The van der Waals surface area contributed by atoms with Gasteiger partial charge in [0, 0.05) is 24.2 Å². The first kappa shape index (κ1) is 14.0. The van der Waals surface area contributed by atoms with E-state index in [0.29, 0.717) is 11.1 Å². The number of amides is 1. The number of carbonyl (C=O) groups is 1. The second-order valence-corrected chi connectivity index (χ2v) is 5.78. The summed E-state index contributed by atoms with van der Waals surface area (Å²) in [4.78, 5) is 14.5. The summed E-state index contributed by atoms with van der Waals surface area (Å²) in [7, 11) is 2.09. The summed E-state index contributed by atoms with van der Waals surface area (Å²) < 4.78 is 13.1. The van der Waals surface area contributed by atoms with E-state index >= 15 is 0 Å². The van der Waals surface area contributed by atoms with Crippen molar-refractivity contribution < 1.29 is 9.18 Å². The topological polar surface area (TPSA) is 32.3 Å². The molecule has 1 amide bonds. The predicted molar refractivity (Wildman–Crippen MR) is 73.7 cm³/mol. The summed E-state index contributed by atoms with van der Waals surface area (Å²) in [6.45, 7) is 5.81. The van der Waals surface area contributed by atoms with E-state index in [-0.39, 0.29) is 17.3 Å². The fourth-order valence-electron chi connectivity index (χ4n) is 2.46. The van der Waals surface area contributed by atoms with E-state index in [1.807, 2.05) is 0 Å². The molecule has 1 heterocycles. The summed E-state index contributed by atoms with van der Waals surface area (Å²) in [5.41, 5.74) is 1.07. The Morgan fingerprint density at radius 3 is 2.58 bits per heavy atom. The van der Waals surface area contributed by atoms with Gasteiger partial charge in [-0.05, 0) is 57.5 Å². The quantitative estimate of drug-likeness (QED) is 0.889. The number of benzene rings is 1. The maximum absolute atomic E-state index is 13.1. The molecular weight excluding hydrogens is 243 g/mol. The predicted octanol–water partition coefficient (Wildman–Crippen LogP) is 2.35. The summed E-state index contributed by atoms with van der Waals surface area (Å²) in [6, 6.07) is 4.28. The van der Waals surface area contributed by atoms with E-state index in [9.17, 15) is 9.18 Å². The number of carbonyl (C=O) groups excluding carboxylic acids is 1. The Bertz CT molecular complexity index is 479. The van der Waals surface area contributed by atoms with Gasteiger partial charge in [0.1, 0.15) is 5.82 Å². The van der Waals surface area contributed by atoms with Gasteiger partial charge in [-0.1, -0.05) is 0 Å². The van der Waals surface area contributed by atoms with Crippen molar-refractivity contribution in [3.63, 3.8) is 0 Å². The molecule has 1 saturated heterocycles. The Kier molecular flexibility index (Phi) is 3.90. The van der Waals surface area contributed by atoms with Gasteiger partial charge < -0.3 is 10.2 Å². The molecule has 1 N–H and O–H groups in total. The van der Waals surface area contributed by atoms with E-state index in [0.717, 1.165) is 25.9 Å². The van der Waals surface area contributed by atoms with Crippen molar-refractivity contribution in [1.82, 2.24) is 10.2 Å². The van der Waals surface area contributed by atoms with Crippen LogP contribution in [-0.4, -0.2) is 36.5 Å². The van der Waals surface area contributed by atoms with E-state index in [1.165, 1.54) is 12.1 Å². The Morgan fingerprint density at radius 2 is 2.00 bits per heavy atom. The summed E-state index contributed by atoms with van der Waals surface area (Å²) in [5, 5.41) is 3.10. The molecule has 0 aromatic heterocycles. The van der Waals surface area contributed by atoms with Crippen molar-refractivity contribution in [2.75, 3.05) is 20.1 Å². The molecule has 0 atom stereocenters. The van der Waals surface area contributed by atoms with Crippen LogP contribution in [0.1, 0.15) is 35.7 Å². The fraction of sp³-hybridized carbons (Fsp3) is 0.533. The monoisotopic (exact) mass is 264 g/mol. The number of likely N-dealkylation sites (tertiary alicyclic amines) is 1. The van der Waals surface area contributed by atoms with E-state index in [2.05, 4.69) is 24.2 Å². The fourth-order valence-corrected chi connectivity index (χ4v) is 2.46. The molecule has 1 aromatic carbocycles. The third kappa shape index (κ3) is 3.32. The van der Waals surface area contributed by atoms with E-state index in [4.69, 9.17) is 0 Å². The second kappa shape index (κ2) is 5.29. The maximum atomic E-state index is 13.1. The highest BCUT2D eigenvalue weighted by atomic mass is 19.1. The number of piperidine rings is 1. The molecule has 0 bridgehead atoms. The van der Waals surface area contributed by atoms with Crippen LogP contribution in [0, 0.1) is 12.7 Å². The molecule has 0 spiro atoms. The Balaban J connectivity index is 2.08. The highest BCUT2D eigenvalue weighted by molar-refractivity contribution is 5.96. The van der Waals surface area contributed by atoms with Crippen molar-refractivity contribution >= 4 is 5.91 Å². The lowest BCUT2D eigenvalue weighted by molar-refractivity contribution is 0.0851. The SMILES string of the molecule is Cc1cc(F)ccc1C(=O)NC1(C)CCN(C)CC1. The van der Waals surface area contributed by atoms with Crippen LogP contribution < -0.4 is 5.32 Å². The number of nitrogens with one attached hydrogen (secondary N) is 1. The number of hydrogen-bond acceptors (Lipinski definition) is 2. The van der Waals surface area contributed by atoms with Crippen LogP contribution in [0.15, 0.2) is 18.2 Å². The van der Waals surface area contributed by atoms with Crippen molar-refractivity contribution in [3.05, 3.63) is 35.1 Å². The van der Waals surface area contributed by atoms with Gasteiger partial charge in [0.2, 0.25) is 0 Å². The number of hydrogen-bond donors (Lipinski definition) is 1. The lowest BCUT2D eigenvalue weighted by Crippen LogP contribution is -2.52. The molecule has 3 nitrogen and oxygen atoms in total. The molecule has 1 aliphatic rings. The summed E-state index contributed by atoms with van der Waals surface area (Å²) in [5.74, 6) is -0.413. The normalized spacial score (nSPS) is 19.2. The molecule has 1 aliphatic heterocycles. The molecule has 19 heavy (non-hydrogen) atoms. The van der Waals surface area contributed by atoms with Gasteiger partial charge in [-0.2, -0.15) is 0 Å². The van der Waals surface area contributed by atoms with Gasteiger partial charge in [-0.25, -0.2) is 4.39 Å². The smallest absolute Gasteiger partial charge is 0.251 e. The molecule has 0 aliphatic carbocycles. The molecule has 0 saturated carbocycles. The molecule has 0 unspecified atom stereocenters. The number of rotatable bonds is 2. The minimum atomic E-state index is -0.306. The van der Waals surface area contributed by atoms with Crippen LogP contribution >= 0.6 is 0 Å². The average Bonchev–Trinajstić information content (AvgIpc) is 2.33. The Labute approximate surface area is 113 Å². The van der Waals surface area contributed by atoms with Gasteiger partial charge in [-0.15, -0.1) is 0 Å². The minimum absolute atomic E-state index is 0.107. The van der Waals surface area contributed by atoms with E-state index < -0.39 is 0 Å². The highest BCUT2D eigenvalue weighted by Gasteiger charge is 2.30. The van der Waals surface area contributed by atoms with Gasteiger partial charge in [0.25, 0.3) is 5.91 Å². The summed E-state index contributed by atoms with van der Waals surface area (Å²) in [6.07, 6.45) is 1.88. The van der Waals surface area contributed by atoms with Crippen molar-refractivity contribution in [2.45, 2.75) is 32.2 Å². The molecule has 0 radical (unpaired) electrons. The lowest BCUT2D eigenvalue weighted by Gasteiger charge is -2.38. The van der Waals surface area contributed by atoms with Gasteiger partial charge in [0.15, 0.2) is 0 Å². The van der Waals surface area contributed by atoms with Crippen LogP contribution in [0.3, 0.4) is 0 Å². The van der Waals surface area contributed by atoms with E-state index in [1.54, 1.807) is 13.0 Å². The van der Waals surface area contributed by atoms with Crippen molar-refractivity contribution in [1.29, 1.82) is 0 Å². The zero-order valence-electron chi connectivity index (χ0n) is 11.8. The van der Waals surface area contributed by atoms with Gasteiger partial charge >= 0.3 is 0 Å². The highest BCUT2D eigenvalue weighted by Crippen LogP contribution is 2.22. The minimum Gasteiger partial charge on any atom is -0.347 e. The first-order valence-corrected chi connectivity index (χ1v) is 6.67. The second-order valence-electron chi connectivity index (χ2n) is 5.78. The number of halogens is 1. The Morgan fingerprint density at radius 1 is 1.37 bits per heavy atom. The standard InChI is InChI=1S/C15H21FN2O/c1-11-10-12(16)4-5-13(11)14(19)17-15(2)6-8-18(3)9-7-15/h4-5,10H,6-9H2,1-3H3,(H,17,19). The summed E-state index contributed by atoms with van der Waals surface area (Å²) >= 11 is 0. The van der Waals surface area contributed by atoms with Crippen LogP contribution in [0.5, 0.6) is 0 Å². The Hall–Kier alpha value is -1.42. The number of aryl methyl sites for hydroxylation is 1. The third-order valence-corrected chi connectivity index (χ3v) is 3.94. The van der Waals surface area contributed by atoms with Crippen LogP contribution in [0.4, 0.5) is 4.39 Å². The molecule has 4 heteroatoms. The van der Waals surface area contributed by atoms with Crippen LogP contribution in [-0.2, 0) is 0 Å². The van der Waals surface area contributed by atoms with Crippen LogP contribution in [0.25, 0.3) is 0 Å². The largest absolute Gasteiger partial charge is 0.347 e. The molecular formula is C15H21FN2O. The van der Waals surface area contributed by atoms with Gasteiger partial charge in [-0.3, -0.25) is 4.79 Å². The first-order chi connectivity index (χ1) is 8.89. The van der Waals surface area contributed by atoms with Crippen molar-refractivity contribution in [3.8, 4) is 0 Å². The van der Waals surface area contributed by atoms with Crippen molar-refractivity contribution in [2.24, 2.45) is 0 Å². The van der Waals surface area contributed by atoms with Gasteiger partial charge in [0.05, 0.1) is 0 Å². The number of nitrogens with zero attached hydrogens (tertiary/aromatic N) is 1. The zero-order valence-corrected chi connectivity index (χ0v) is 11.8. The molecule has 1 aromatic rings. The third-order valence-electron chi connectivity index (χ3n) is 3.94. The lowest BCUT2D eigenvalue weighted by atomic mass is 9.89. The van der Waals surface area contributed by atoms with Crippen LogP contribution in [0.2, 0.25) is 0 Å². The molecule has 2 rings (SSSR count). The molecule has 104 valence electrons.